The SMILES string of the molecule is CCCCCCOc1ccc([C@]2(C)CC(c3ccn(C4CC4)n3)=C(C(=O)NS(C)(=O)=O)C(=O)N2)c(F)c1. The van der Waals surface area contributed by atoms with Gasteiger partial charge in [-0.1, -0.05) is 32.3 Å². The summed E-state index contributed by atoms with van der Waals surface area (Å²) in [5.41, 5.74) is -0.715. The van der Waals surface area contributed by atoms with Crippen LogP contribution in [0.3, 0.4) is 0 Å². The molecule has 0 radical (unpaired) electrons. The number of benzene rings is 1. The number of amides is 2. The molecule has 11 heteroatoms. The van der Waals surface area contributed by atoms with E-state index in [1.54, 1.807) is 36.0 Å². The Kier molecular flexibility index (Phi) is 7.72. The van der Waals surface area contributed by atoms with Gasteiger partial charge in [0.05, 0.1) is 30.1 Å². The molecule has 0 bridgehead atoms. The third-order valence-corrected chi connectivity index (χ3v) is 7.15. The number of nitrogens with zero attached hydrogens (tertiary/aromatic N) is 2. The predicted molar refractivity (Wildman–Crippen MR) is 137 cm³/mol. The number of carbonyl (C=O) groups is 2. The number of nitrogens with one attached hydrogen (secondary N) is 2. The molecule has 2 heterocycles. The number of hydrogen-bond donors (Lipinski definition) is 2. The highest BCUT2D eigenvalue weighted by Gasteiger charge is 2.42. The van der Waals surface area contributed by atoms with Crippen LogP contribution in [-0.4, -0.2) is 42.9 Å². The third kappa shape index (κ3) is 6.38. The van der Waals surface area contributed by atoms with Gasteiger partial charge in [-0.3, -0.25) is 14.3 Å². The summed E-state index contributed by atoms with van der Waals surface area (Å²) in [6, 6.07) is 6.47. The maximum atomic E-state index is 15.3. The molecule has 1 aliphatic heterocycles. The average molecular weight is 533 g/mol. The molecule has 0 spiro atoms. The van der Waals surface area contributed by atoms with E-state index >= 15 is 4.39 Å². The topological polar surface area (TPSA) is 119 Å². The van der Waals surface area contributed by atoms with Gasteiger partial charge in [-0.2, -0.15) is 5.10 Å². The lowest BCUT2D eigenvalue weighted by molar-refractivity contribution is -0.124. The molecule has 2 amide bonds. The van der Waals surface area contributed by atoms with Crippen molar-refractivity contribution in [3.05, 3.63) is 53.1 Å². The molecule has 1 aliphatic carbocycles. The van der Waals surface area contributed by atoms with E-state index in [9.17, 15) is 18.0 Å². The minimum atomic E-state index is -3.92. The minimum Gasteiger partial charge on any atom is -0.493 e. The zero-order chi connectivity index (χ0) is 26.8. The first-order valence-electron chi connectivity index (χ1n) is 12.6. The van der Waals surface area contributed by atoms with Crippen molar-refractivity contribution >= 4 is 27.4 Å². The van der Waals surface area contributed by atoms with Crippen molar-refractivity contribution < 1.29 is 27.1 Å². The zero-order valence-electron chi connectivity index (χ0n) is 21.3. The van der Waals surface area contributed by atoms with Gasteiger partial charge < -0.3 is 10.1 Å². The van der Waals surface area contributed by atoms with E-state index in [2.05, 4.69) is 17.3 Å². The number of aromatic nitrogens is 2. The Morgan fingerprint density at radius 3 is 2.68 bits per heavy atom. The molecule has 2 aliphatic rings. The molecule has 4 rings (SSSR count). The van der Waals surface area contributed by atoms with Gasteiger partial charge in [-0.05, 0) is 38.3 Å². The highest BCUT2D eigenvalue weighted by atomic mass is 32.2. The van der Waals surface area contributed by atoms with Crippen LogP contribution in [0.25, 0.3) is 5.57 Å². The zero-order valence-corrected chi connectivity index (χ0v) is 22.2. The van der Waals surface area contributed by atoms with Crippen molar-refractivity contribution in [2.45, 2.75) is 70.4 Å². The normalized spacial score (nSPS) is 20.1. The Morgan fingerprint density at radius 2 is 2.03 bits per heavy atom. The number of unbranched alkanes of at least 4 members (excludes halogenated alkanes) is 3. The molecule has 1 saturated carbocycles. The van der Waals surface area contributed by atoms with E-state index in [0.29, 0.717) is 18.1 Å². The largest absolute Gasteiger partial charge is 0.493 e. The smallest absolute Gasteiger partial charge is 0.270 e. The fourth-order valence-electron chi connectivity index (χ4n) is 4.57. The molecule has 0 unspecified atom stereocenters. The number of rotatable bonds is 11. The second-order valence-electron chi connectivity index (χ2n) is 9.98. The summed E-state index contributed by atoms with van der Waals surface area (Å²) >= 11 is 0. The van der Waals surface area contributed by atoms with Crippen LogP contribution >= 0.6 is 0 Å². The Bertz CT molecular complexity index is 1330. The highest BCUT2D eigenvalue weighted by molar-refractivity contribution is 7.89. The van der Waals surface area contributed by atoms with Gasteiger partial charge in [-0.15, -0.1) is 0 Å². The first-order chi connectivity index (χ1) is 17.5. The molecule has 9 nitrogen and oxygen atoms in total. The minimum absolute atomic E-state index is 0.0288. The van der Waals surface area contributed by atoms with Crippen LogP contribution in [0.4, 0.5) is 4.39 Å². The first-order valence-corrected chi connectivity index (χ1v) is 14.5. The molecule has 2 N–H and O–H groups in total. The Morgan fingerprint density at radius 1 is 1.27 bits per heavy atom. The quantitative estimate of drug-likeness (QED) is 0.337. The van der Waals surface area contributed by atoms with Crippen molar-refractivity contribution in [1.82, 2.24) is 19.8 Å². The highest BCUT2D eigenvalue weighted by Crippen LogP contribution is 2.41. The molecule has 0 saturated heterocycles. The van der Waals surface area contributed by atoms with Crippen molar-refractivity contribution in [3.63, 3.8) is 0 Å². The van der Waals surface area contributed by atoms with E-state index < -0.39 is 33.2 Å². The lowest BCUT2D eigenvalue weighted by Gasteiger charge is -2.37. The summed E-state index contributed by atoms with van der Waals surface area (Å²) < 4.78 is 48.1. The average Bonchev–Trinajstić information content (AvgIpc) is 3.53. The van der Waals surface area contributed by atoms with Crippen molar-refractivity contribution in [1.29, 1.82) is 0 Å². The Balaban J connectivity index is 1.65. The summed E-state index contributed by atoms with van der Waals surface area (Å²) in [5, 5.41) is 7.27. The first kappa shape index (κ1) is 26.8. The molecule has 37 heavy (non-hydrogen) atoms. The molecule has 1 aromatic heterocycles. The number of ether oxygens (including phenoxy) is 1. The summed E-state index contributed by atoms with van der Waals surface area (Å²) in [7, 11) is -3.92. The third-order valence-electron chi connectivity index (χ3n) is 6.59. The standard InChI is InChI=1S/C26H33FN4O5S/c1-4-5-6-7-14-36-18-10-11-20(21(27)15-18)26(2)16-19(22-12-13-31(29-22)17-8-9-17)23(24(32)28-26)25(33)30-37(3,34)35/h10-13,15,17H,4-9,14,16H2,1-3H3,(H,28,32)(H,30,33)/t26-/m0/s1. The molecule has 1 aromatic carbocycles. The molecular formula is C26H33FN4O5S. The number of hydrogen-bond acceptors (Lipinski definition) is 6. The van der Waals surface area contributed by atoms with Crippen molar-refractivity contribution in [2.24, 2.45) is 0 Å². The lowest BCUT2D eigenvalue weighted by Crippen LogP contribution is -2.51. The second-order valence-corrected chi connectivity index (χ2v) is 11.7. The fraction of sp³-hybridized carbons (Fsp3) is 0.500. The summed E-state index contributed by atoms with van der Waals surface area (Å²) in [6.07, 6.45) is 8.75. The summed E-state index contributed by atoms with van der Waals surface area (Å²) in [6.45, 7) is 4.28. The maximum Gasteiger partial charge on any atom is 0.270 e. The molecule has 1 fully saturated rings. The summed E-state index contributed by atoms with van der Waals surface area (Å²) in [4.78, 5) is 26.1. The van der Waals surface area contributed by atoms with E-state index in [-0.39, 0.29) is 29.2 Å². The predicted octanol–water partition coefficient (Wildman–Crippen LogP) is 3.58. The van der Waals surface area contributed by atoms with Crippen LogP contribution in [0.5, 0.6) is 5.75 Å². The molecular weight excluding hydrogens is 499 g/mol. The number of carbonyl (C=O) groups excluding carboxylic acids is 2. The van der Waals surface area contributed by atoms with Gasteiger partial charge in [0.1, 0.15) is 17.1 Å². The van der Waals surface area contributed by atoms with Gasteiger partial charge in [0.2, 0.25) is 10.0 Å². The number of sulfonamides is 1. The second kappa shape index (κ2) is 10.6. The molecule has 1 atom stereocenters. The number of halogens is 1. The van der Waals surface area contributed by atoms with Crippen molar-refractivity contribution in [3.8, 4) is 5.75 Å². The van der Waals surface area contributed by atoms with Crippen LogP contribution in [-0.2, 0) is 25.2 Å². The van der Waals surface area contributed by atoms with Crippen LogP contribution in [0, 0.1) is 5.82 Å². The van der Waals surface area contributed by atoms with E-state index in [0.717, 1.165) is 44.8 Å². The lowest BCUT2D eigenvalue weighted by atomic mass is 9.79. The monoisotopic (exact) mass is 532 g/mol. The Hall–Kier alpha value is -3.21. The van der Waals surface area contributed by atoms with Crippen LogP contribution in [0.1, 0.15) is 76.1 Å². The van der Waals surface area contributed by atoms with Gasteiger partial charge >= 0.3 is 0 Å². The fourth-order valence-corrected chi connectivity index (χ4v) is 5.01. The van der Waals surface area contributed by atoms with Gasteiger partial charge in [0, 0.05) is 29.8 Å². The van der Waals surface area contributed by atoms with Gasteiger partial charge in [-0.25, -0.2) is 17.5 Å². The Labute approximate surface area is 216 Å². The maximum absolute atomic E-state index is 15.3. The summed E-state index contributed by atoms with van der Waals surface area (Å²) in [5.74, 6) is -2.01. The van der Waals surface area contributed by atoms with E-state index in [4.69, 9.17) is 4.74 Å². The van der Waals surface area contributed by atoms with Crippen molar-refractivity contribution in [2.75, 3.05) is 12.9 Å². The van der Waals surface area contributed by atoms with Gasteiger partial charge in [0.15, 0.2) is 0 Å². The van der Waals surface area contributed by atoms with Crippen LogP contribution in [0.15, 0.2) is 36.0 Å². The van der Waals surface area contributed by atoms with E-state index in [1.807, 2.05) is 4.72 Å². The molecule has 2 aromatic rings. The van der Waals surface area contributed by atoms with E-state index in [1.165, 1.54) is 6.07 Å². The van der Waals surface area contributed by atoms with Crippen LogP contribution in [0.2, 0.25) is 0 Å². The molecule has 200 valence electrons. The van der Waals surface area contributed by atoms with Gasteiger partial charge in [0.25, 0.3) is 11.8 Å². The van der Waals surface area contributed by atoms with Crippen LogP contribution < -0.4 is 14.8 Å².